The second kappa shape index (κ2) is 5.43. The van der Waals surface area contributed by atoms with E-state index in [1.165, 1.54) is 10.9 Å². The van der Waals surface area contributed by atoms with Crippen LogP contribution in [0.25, 0.3) is 22.6 Å². The van der Waals surface area contributed by atoms with E-state index in [0.717, 1.165) is 35.4 Å². The number of para-hydroxylation sites is 2. The molecule has 0 aliphatic carbocycles. The number of nitrogens with zero attached hydrogens (tertiary/aromatic N) is 1. The average molecular weight is 302 g/mol. The number of carbonyl (C=O) groups excluding carboxylic acids is 1. The van der Waals surface area contributed by atoms with Crippen molar-refractivity contribution in [1.29, 1.82) is 0 Å². The van der Waals surface area contributed by atoms with Gasteiger partial charge in [-0.1, -0.05) is 43.3 Å². The molecule has 0 unspecified atom stereocenters. The van der Waals surface area contributed by atoms with Crippen LogP contribution in [0.4, 0.5) is 5.69 Å². The third kappa shape index (κ3) is 2.25. The molecule has 2 aromatic carbocycles. The van der Waals surface area contributed by atoms with Crippen molar-refractivity contribution in [2.24, 2.45) is 0 Å². The SMILES string of the molecule is CCCn1cc(C=C2C(=O)Nc3ccccc32)c2ccccc21. The van der Waals surface area contributed by atoms with Crippen LogP contribution in [0, 0.1) is 0 Å². The Morgan fingerprint density at radius 1 is 1.09 bits per heavy atom. The minimum absolute atomic E-state index is 0.0291. The summed E-state index contributed by atoms with van der Waals surface area (Å²) in [6.45, 7) is 3.15. The van der Waals surface area contributed by atoms with Crippen molar-refractivity contribution < 1.29 is 4.79 Å². The van der Waals surface area contributed by atoms with Crippen molar-refractivity contribution >= 4 is 34.1 Å². The van der Waals surface area contributed by atoms with E-state index < -0.39 is 0 Å². The Bertz CT molecular complexity index is 934. The van der Waals surface area contributed by atoms with Crippen molar-refractivity contribution in [3.05, 3.63) is 65.9 Å². The Labute approximate surface area is 135 Å². The number of aryl methyl sites for hydroxylation is 1. The fourth-order valence-corrected chi connectivity index (χ4v) is 3.25. The van der Waals surface area contributed by atoms with Gasteiger partial charge < -0.3 is 9.88 Å². The molecule has 2 heterocycles. The maximum atomic E-state index is 12.3. The molecule has 114 valence electrons. The van der Waals surface area contributed by atoms with Crippen LogP contribution in [-0.2, 0) is 11.3 Å². The molecule has 0 radical (unpaired) electrons. The minimum Gasteiger partial charge on any atom is -0.347 e. The van der Waals surface area contributed by atoms with Gasteiger partial charge in [-0.25, -0.2) is 0 Å². The molecule has 0 spiro atoms. The summed E-state index contributed by atoms with van der Waals surface area (Å²) in [5.41, 5.74) is 4.91. The van der Waals surface area contributed by atoms with Crippen LogP contribution in [-0.4, -0.2) is 10.5 Å². The van der Waals surface area contributed by atoms with E-state index in [-0.39, 0.29) is 5.91 Å². The van der Waals surface area contributed by atoms with Crippen molar-refractivity contribution in [3.63, 3.8) is 0 Å². The van der Waals surface area contributed by atoms with Gasteiger partial charge in [-0.2, -0.15) is 0 Å². The molecule has 3 aromatic rings. The average Bonchev–Trinajstić information content (AvgIpc) is 3.07. The second-order valence-electron chi connectivity index (χ2n) is 5.85. The largest absolute Gasteiger partial charge is 0.347 e. The fraction of sp³-hybridized carbons (Fsp3) is 0.150. The van der Waals surface area contributed by atoms with Gasteiger partial charge in [0.05, 0.1) is 0 Å². The molecular formula is C20H18N2O. The molecule has 0 atom stereocenters. The highest BCUT2D eigenvalue weighted by Gasteiger charge is 2.23. The van der Waals surface area contributed by atoms with Gasteiger partial charge >= 0.3 is 0 Å². The summed E-state index contributed by atoms with van der Waals surface area (Å²) in [4.78, 5) is 12.3. The van der Waals surface area contributed by atoms with Gasteiger partial charge in [0.15, 0.2) is 0 Å². The van der Waals surface area contributed by atoms with Crippen LogP contribution >= 0.6 is 0 Å². The van der Waals surface area contributed by atoms with Crippen molar-refractivity contribution in [3.8, 4) is 0 Å². The van der Waals surface area contributed by atoms with E-state index in [4.69, 9.17) is 0 Å². The lowest BCUT2D eigenvalue weighted by molar-refractivity contribution is -0.110. The van der Waals surface area contributed by atoms with Crippen molar-refractivity contribution in [1.82, 2.24) is 4.57 Å². The summed E-state index contributed by atoms with van der Waals surface area (Å²) in [5, 5.41) is 4.12. The molecule has 3 heteroatoms. The van der Waals surface area contributed by atoms with Crippen molar-refractivity contribution in [2.75, 3.05) is 5.32 Å². The summed E-state index contributed by atoms with van der Waals surface area (Å²) >= 11 is 0. The van der Waals surface area contributed by atoms with Crippen molar-refractivity contribution in [2.45, 2.75) is 19.9 Å². The van der Waals surface area contributed by atoms with Crippen LogP contribution in [0.5, 0.6) is 0 Å². The van der Waals surface area contributed by atoms with Crippen LogP contribution in [0.15, 0.2) is 54.7 Å². The molecule has 1 amide bonds. The molecule has 0 fully saturated rings. The van der Waals surface area contributed by atoms with E-state index >= 15 is 0 Å². The van der Waals surface area contributed by atoms with E-state index in [1.807, 2.05) is 36.4 Å². The van der Waals surface area contributed by atoms with Gasteiger partial charge in [-0.15, -0.1) is 0 Å². The standard InChI is InChI=1S/C20H18N2O/c1-2-11-22-13-14(15-7-4-6-10-19(15)22)12-17-16-8-3-5-9-18(16)21-20(17)23/h3-10,12-13H,2,11H2,1H3,(H,21,23). The number of benzene rings is 2. The normalized spacial score (nSPS) is 15.2. The summed E-state index contributed by atoms with van der Waals surface area (Å²) < 4.78 is 2.26. The molecule has 1 aliphatic heterocycles. The molecular weight excluding hydrogens is 284 g/mol. The number of carbonyl (C=O) groups is 1. The van der Waals surface area contributed by atoms with Crippen LogP contribution in [0.3, 0.4) is 0 Å². The van der Waals surface area contributed by atoms with Crippen LogP contribution in [0.1, 0.15) is 24.5 Å². The Hall–Kier alpha value is -2.81. The fourth-order valence-electron chi connectivity index (χ4n) is 3.25. The number of fused-ring (bicyclic) bond motifs is 2. The number of anilines is 1. The van der Waals surface area contributed by atoms with Crippen LogP contribution < -0.4 is 5.32 Å². The lowest BCUT2D eigenvalue weighted by Crippen LogP contribution is -2.03. The van der Waals surface area contributed by atoms with E-state index in [2.05, 4.69) is 41.2 Å². The molecule has 0 saturated carbocycles. The first-order valence-corrected chi connectivity index (χ1v) is 7.98. The lowest BCUT2D eigenvalue weighted by atomic mass is 10.0. The Morgan fingerprint density at radius 3 is 2.74 bits per heavy atom. The molecule has 23 heavy (non-hydrogen) atoms. The van der Waals surface area contributed by atoms with E-state index in [9.17, 15) is 4.79 Å². The second-order valence-corrected chi connectivity index (χ2v) is 5.85. The van der Waals surface area contributed by atoms with Gasteiger partial charge in [-0.05, 0) is 24.6 Å². The first-order chi connectivity index (χ1) is 11.3. The summed E-state index contributed by atoms with van der Waals surface area (Å²) in [6, 6.07) is 16.2. The zero-order valence-electron chi connectivity index (χ0n) is 13.0. The monoisotopic (exact) mass is 302 g/mol. The summed E-state index contributed by atoms with van der Waals surface area (Å²) in [7, 11) is 0. The highest BCUT2D eigenvalue weighted by atomic mass is 16.2. The zero-order valence-corrected chi connectivity index (χ0v) is 13.0. The Balaban J connectivity index is 1.89. The van der Waals surface area contributed by atoms with Gasteiger partial charge in [-0.3, -0.25) is 4.79 Å². The lowest BCUT2D eigenvalue weighted by Gasteiger charge is -2.01. The predicted octanol–water partition coefficient (Wildman–Crippen LogP) is 4.54. The predicted molar refractivity (Wildman–Crippen MR) is 95.2 cm³/mol. The highest BCUT2D eigenvalue weighted by Crippen LogP contribution is 2.34. The third-order valence-electron chi connectivity index (χ3n) is 4.29. The topological polar surface area (TPSA) is 34.0 Å². The summed E-state index contributed by atoms with van der Waals surface area (Å²) in [6.07, 6.45) is 5.24. The smallest absolute Gasteiger partial charge is 0.256 e. The Kier molecular flexibility index (Phi) is 3.27. The van der Waals surface area contributed by atoms with E-state index in [0.29, 0.717) is 0 Å². The number of rotatable bonds is 3. The maximum absolute atomic E-state index is 12.3. The highest BCUT2D eigenvalue weighted by molar-refractivity contribution is 6.35. The molecule has 3 nitrogen and oxygen atoms in total. The molecule has 1 N–H and O–H groups in total. The van der Waals surface area contributed by atoms with Crippen LogP contribution in [0.2, 0.25) is 0 Å². The minimum atomic E-state index is -0.0291. The molecule has 4 rings (SSSR count). The maximum Gasteiger partial charge on any atom is 0.256 e. The van der Waals surface area contributed by atoms with E-state index in [1.54, 1.807) is 0 Å². The molecule has 0 bridgehead atoms. The van der Waals surface area contributed by atoms with Gasteiger partial charge in [0.1, 0.15) is 0 Å². The number of hydrogen-bond acceptors (Lipinski definition) is 1. The summed E-state index contributed by atoms with van der Waals surface area (Å²) in [5.74, 6) is -0.0291. The Morgan fingerprint density at radius 2 is 1.87 bits per heavy atom. The van der Waals surface area contributed by atoms with Gasteiger partial charge in [0.25, 0.3) is 5.91 Å². The molecule has 1 aromatic heterocycles. The molecule has 0 saturated heterocycles. The molecule has 1 aliphatic rings. The van der Waals surface area contributed by atoms with Gasteiger partial charge in [0.2, 0.25) is 0 Å². The first kappa shape index (κ1) is 13.8. The van der Waals surface area contributed by atoms with Gasteiger partial charge in [0, 0.05) is 46.0 Å². The number of aromatic nitrogens is 1. The number of nitrogens with one attached hydrogen (secondary N) is 1. The quantitative estimate of drug-likeness (QED) is 0.708. The number of amides is 1. The third-order valence-corrected chi connectivity index (χ3v) is 4.29. The number of hydrogen-bond donors (Lipinski definition) is 1. The zero-order chi connectivity index (χ0) is 15.8. The first-order valence-electron chi connectivity index (χ1n) is 7.98.